The first-order valence-corrected chi connectivity index (χ1v) is 7.24. The summed E-state index contributed by atoms with van der Waals surface area (Å²) in [5.74, 6) is 0.380. The number of hydrogen-bond donors (Lipinski definition) is 0. The highest BCUT2D eigenvalue weighted by molar-refractivity contribution is 7.84. The van der Waals surface area contributed by atoms with Crippen molar-refractivity contribution in [1.82, 2.24) is 4.98 Å². The Kier molecular flexibility index (Phi) is 4.08. The molecule has 0 aliphatic rings. The van der Waals surface area contributed by atoms with Gasteiger partial charge in [0.05, 0.1) is 22.1 Å². The molecular weight excluding hydrogens is 256 g/mol. The third-order valence-electron chi connectivity index (χ3n) is 2.78. The Bertz CT molecular complexity index is 660. The van der Waals surface area contributed by atoms with Crippen LogP contribution in [0.4, 0.5) is 0 Å². The molecule has 0 spiro atoms. The molecule has 0 aliphatic heterocycles. The Labute approximate surface area is 115 Å². The molecule has 2 aromatic rings. The summed E-state index contributed by atoms with van der Waals surface area (Å²) < 4.78 is 12.4. The Hall–Kier alpha value is -1.99. The van der Waals surface area contributed by atoms with E-state index in [9.17, 15) is 9.47 Å². The van der Waals surface area contributed by atoms with Gasteiger partial charge in [-0.3, -0.25) is 4.21 Å². The van der Waals surface area contributed by atoms with Crippen LogP contribution in [0.1, 0.15) is 22.4 Å². The summed E-state index contributed by atoms with van der Waals surface area (Å²) in [5.41, 5.74) is 3.02. The summed E-state index contributed by atoms with van der Waals surface area (Å²) in [5, 5.41) is 9.57. The minimum absolute atomic E-state index is 0.380. The molecule has 3 nitrogen and oxygen atoms in total. The summed E-state index contributed by atoms with van der Waals surface area (Å²) >= 11 is 0. The number of aryl methyl sites for hydroxylation is 2. The fourth-order valence-corrected chi connectivity index (χ4v) is 3.21. The Morgan fingerprint density at radius 1 is 1.26 bits per heavy atom. The van der Waals surface area contributed by atoms with E-state index in [1.807, 2.05) is 50.2 Å². The van der Waals surface area contributed by atoms with Gasteiger partial charge in [-0.25, -0.2) is 4.98 Å². The summed E-state index contributed by atoms with van der Waals surface area (Å²) in [7, 11) is -1.30. The quantitative estimate of drug-likeness (QED) is 0.861. The van der Waals surface area contributed by atoms with Crippen LogP contribution in [0.15, 0.2) is 41.4 Å². The first-order valence-electron chi connectivity index (χ1n) is 5.92. The van der Waals surface area contributed by atoms with E-state index in [-0.39, 0.29) is 0 Å². The van der Waals surface area contributed by atoms with Gasteiger partial charge in [0.25, 0.3) is 0 Å². The van der Waals surface area contributed by atoms with Crippen molar-refractivity contribution in [3.63, 3.8) is 0 Å². The number of rotatable bonds is 3. The van der Waals surface area contributed by atoms with Crippen LogP contribution in [0.25, 0.3) is 0 Å². The zero-order valence-corrected chi connectivity index (χ0v) is 11.7. The van der Waals surface area contributed by atoms with Gasteiger partial charge in [0, 0.05) is 5.69 Å². The molecule has 1 aromatic heterocycles. The Balaban J connectivity index is 2.37. The maximum absolute atomic E-state index is 12.4. The Morgan fingerprint density at radius 3 is 2.58 bits per heavy atom. The summed E-state index contributed by atoms with van der Waals surface area (Å²) in [6.07, 6.45) is 0. The van der Waals surface area contributed by atoms with Crippen LogP contribution in [0.2, 0.25) is 0 Å². The van der Waals surface area contributed by atoms with Crippen molar-refractivity contribution in [3.8, 4) is 6.07 Å². The average Bonchev–Trinajstić information content (AvgIpc) is 2.39. The fourth-order valence-electron chi connectivity index (χ4n) is 1.90. The molecule has 0 radical (unpaired) electrons. The van der Waals surface area contributed by atoms with Crippen LogP contribution in [0.3, 0.4) is 0 Å². The van der Waals surface area contributed by atoms with Crippen molar-refractivity contribution in [3.05, 3.63) is 58.8 Å². The van der Waals surface area contributed by atoms with Crippen molar-refractivity contribution >= 4 is 10.8 Å². The van der Waals surface area contributed by atoms with Crippen molar-refractivity contribution in [2.75, 3.05) is 0 Å². The lowest BCUT2D eigenvalue weighted by Gasteiger charge is -2.07. The number of benzene rings is 1. The first-order chi connectivity index (χ1) is 9.11. The van der Waals surface area contributed by atoms with Crippen LogP contribution >= 0.6 is 0 Å². The highest BCUT2D eigenvalue weighted by Gasteiger charge is 2.15. The van der Waals surface area contributed by atoms with Gasteiger partial charge in [-0.2, -0.15) is 5.26 Å². The standard InChI is InChI=1S/C15H14N2OS/c1-11-8-12(2)17-15(14(11)9-16)19(18)10-13-6-4-3-5-7-13/h3-8H,10H2,1-2H3/t19-/m0/s1. The zero-order chi connectivity index (χ0) is 13.8. The largest absolute Gasteiger partial charge is 0.252 e. The van der Waals surface area contributed by atoms with Gasteiger partial charge >= 0.3 is 0 Å². The van der Waals surface area contributed by atoms with Crippen LogP contribution in [-0.2, 0) is 16.6 Å². The lowest BCUT2D eigenvalue weighted by atomic mass is 10.1. The van der Waals surface area contributed by atoms with Gasteiger partial charge in [0.1, 0.15) is 11.1 Å². The molecule has 4 heteroatoms. The molecule has 0 unspecified atom stereocenters. The zero-order valence-electron chi connectivity index (χ0n) is 10.9. The molecule has 1 heterocycles. The molecule has 1 aromatic carbocycles. The predicted octanol–water partition coefficient (Wildman–Crippen LogP) is 2.88. The molecule has 0 aliphatic carbocycles. The van der Waals surface area contributed by atoms with E-state index in [4.69, 9.17) is 0 Å². The lowest BCUT2D eigenvalue weighted by Crippen LogP contribution is -2.05. The number of hydrogen-bond acceptors (Lipinski definition) is 3. The molecule has 96 valence electrons. The number of aromatic nitrogens is 1. The van der Waals surface area contributed by atoms with Crippen LogP contribution in [0, 0.1) is 25.2 Å². The summed E-state index contributed by atoms with van der Waals surface area (Å²) in [6, 6.07) is 13.5. The predicted molar refractivity (Wildman–Crippen MR) is 75.0 cm³/mol. The molecule has 0 saturated heterocycles. The fraction of sp³-hybridized carbons (Fsp3) is 0.200. The third-order valence-corrected chi connectivity index (χ3v) is 4.10. The van der Waals surface area contributed by atoms with Crippen molar-refractivity contribution < 1.29 is 4.21 Å². The van der Waals surface area contributed by atoms with Crippen LogP contribution in [-0.4, -0.2) is 9.19 Å². The highest BCUT2D eigenvalue weighted by Crippen LogP contribution is 2.18. The number of pyridine rings is 1. The smallest absolute Gasteiger partial charge is 0.145 e. The third kappa shape index (κ3) is 3.07. The molecular formula is C15H14N2OS. The van der Waals surface area contributed by atoms with E-state index in [2.05, 4.69) is 11.1 Å². The van der Waals surface area contributed by atoms with E-state index >= 15 is 0 Å². The monoisotopic (exact) mass is 270 g/mol. The van der Waals surface area contributed by atoms with Crippen molar-refractivity contribution in [2.45, 2.75) is 24.6 Å². The van der Waals surface area contributed by atoms with Crippen LogP contribution in [0.5, 0.6) is 0 Å². The second-order valence-electron chi connectivity index (χ2n) is 4.35. The first kappa shape index (κ1) is 13.4. The summed E-state index contributed by atoms with van der Waals surface area (Å²) in [6.45, 7) is 3.69. The lowest BCUT2D eigenvalue weighted by molar-refractivity contribution is 0.679. The molecule has 0 N–H and O–H groups in total. The van der Waals surface area contributed by atoms with E-state index in [0.717, 1.165) is 16.8 Å². The summed E-state index contributed by atoms with van der Waals surface area (Å²) in [4.78, 5) is 4.28. The van der Waals surface area contributed by atoms with Gasteiger partial charge < -0.3 is 0 Å². The molecule has 0 bridgehead atoms. The van der Waals surface area contributed by atoms with Crippen LogP contribution < -0.4 is 0 Å². The minimum atomic E-state index is -1.30. The highest BCUT2D eigenvalue weighted by atomic mass is 32.2. The second kappa shape index (κ2) is 5.77. The van der Waals surface area contributed by atoms with Crippen molar-refractivity contribution in [1.29, 1.82) is 5.26 Å². The van der Waals surface area contributed by atoms with Crippen molar-refractivity contribution in [2.24, 2.45) is 0 Å². The molecule has 0 amide bonds. The number of nitrogens with zero attached hydrogens (tertiary/aromatic N) is 2. The van der Waals surface area contributed by atoms with Gasteiger partial charge in [0.2, 0.25) is 0 Å². The maximum atomic E-state index is 12.4. The topological polar surface area (TPSA) is 53.8 Å². The van der Waals surface area contributed by atoms with E-state index < -0.39 is 10.8 Å². The van der Waals surface area contributed by atoms with Gasteiger partial charge in [0.15, 0.2) is 0 Å². The Morgan fingerprint density at radius 2 is 1.95 bits per heavy atom. The van der Waals surface area contributed by atoms with Gasteiger partial charge in [-0.05, 0) is 31.0 Å². The molecule has 0 fully saturated rings. The van der Waals surface area contributed by atoms with E-state index in [1.54, 1.807) is 0 Å². The normalized spacial score (nSPS) is 11.8. The molecule has 1 atom stereocenters. The van der Waals surface area contributed by atoms with Gasteiger partial charge in [-0.15, -0.1) is 0 Å². The molecule has 0 saturated carbocycles. The maximum Gasteiger partial charge on any atom is 0.145 e. The molecule has 19 heavy (non-hydrogen) atoms. The van der Waals surface area contributed by atoms with E-state index in [1.165, 1.54) is 0 Å². The van der Waals surface area contributed by atoms with Gasteiger partial charge in [-0.1, -0.05) is 30.3 Å². The minimum Gasteiger partial charge on any atom is -0.252 e. The average molecular weight is 270 g/mol. The second-order valence-corrected chi connectivity index (χ2v) is 5.71. The SMILES string of the molecule is Cc1cc(C)c(C#N)c([S@@](=O)Cc2ccccc2)n1. The number of nitriles is 1. The molecule has 2 rings (SSSR count). The van der Waals surface area contributed by atoms with E-state index in [0.29, 0.717) is 16.3 Å².